The zero-order chi connectivity index (χ0) is 20.4. The third-order valence-corrected chi connectivity index (χ3v) is 6.08. The molecule has 1 aliphatic heterocycles. The number of hydrogen-bond acceptors (Lipinski definition) is 3. The van der Waals surface area contributed by atoms with Gasteiger partial charge in [0.15, 0.2) is 6.67 Å². The van der Waals surface area contributed by atoms with Gasteiger partial charge >= 0.3 is 6.03 Å². The summed E-state index contributed by atoms with van der Waals surface area (Å²) in [7, 11) is 1.65. The SMILES string of the molecule is CC[C@]1(c2ccccc2)NC(=O)N(C[NH+](Cc2ccc(OC)cc2)C2CC2)C1=O. The Kier molecular flexibility index (Phi) is 5.28. The Morgan fingerprint density at radius 2 is 1.79 bits per heavy atom. The number of methoxy groups -OCH3 is 1. The molecule has 6 nitrogen and oxygen atoms in total. The molecule has 1 unspecified atom stereocenters. The molecule has 152 valence electrons. The van der Waals surface area contributed by atoms with Gasteiger partial charge in [0.1, 0.15) is 17.8 Å². The number of carbonyl (C=O) groups excluding carboxylic acids is 2. The maximum Gasteiger partial charge on any atom is 0.329 e. The van der Waals surface area contributed by atoms with Crippen LogP contribution in [0.5, 0.6) is 5.75 Å². The van der Waals surface area contributed by atoms with Gasteiger partial charge in [0, 0.05) is 18.4 Å². The van der Waals surface area contributed by atoms with Crippen LogP contribution >= 0.6 is 0 Å². The van der Waals surface area contributed by atoms with Crippen LogP contribution in [0, 0.1) is 0 Å². The van der Waals surface area contributed by atoms with Crippen molar-refractivity contribution in [3.05, 3.63) is 65.7 Å². The summed E-state index contributed by atoms with van der Waals surface area (Å²) in [5.74, 6) is 0.676. The average molecular weight is 394 g/mol. The van der Waals surface area contributed by atoms with E-state index in [9.17, 15) is 9.59 Å². The lowest BCUT2D eigenvalue weighted by Crippen LogP contribution is -3.13. The van der Waals surface area contributed by atoms with Gasteiger partial charge in [0.2, 0.25) is 0 Å². The highest BCUT2D eigenvalue weighted by atomic mass is 16.5. The molecular weight excluding hydrogens is 366 g/mol. The van der Waals surface area contributed by atoms with Crippen molar-refractivity contribution in [3.63, 3.8) is 0 Å². The number of quaternary nitrogens is 1. The lowest BCUT2D eigenvalue weighted by atomic mass is 9.87. The maximum absolute atomic E-state index is 13.4. The Morgan fingerprint density at radius 1 is 1.10 bits per heavy atom. The number of rotatable bonds is 8. The summed E-state index contributed by atoms with van der Waals surface area (Å²) in [6.07, 6.45) is 2.79. The minimum atomic E-state index is -0.965. The molecule has 1 aliphatic carbocycles. The van der Waals surface area contributed by atoms with Crippen molar-refractivity contribution in [3.8, 4) is 5.75 Å². The van der Waals surface area contributed by atoms with Crippen molar-refractivity contribution < 1.29 is 19.2 Å². The highest BCUT2D eigenvalue weighted by Crippen LogP contribution is 2.32. The molecule has 2 fully saturated rings. The highest BCUT2D eigenvalue weighted by molar-refractivity contribution is 6.07. The van der Waals surface area contributed by atoms with E-state index in [2.05, 4.69) is 5.32 Å². The number of amides is 3. The fourth-order valence-electron chi connectivity index (χ4n) is 4.16. The van der Waals surface area contributed by atoms with Gasteiger partial charge in [-0.1, -0.05) is 37.3 Å². The van der Waals surface area contributed by atoms with Crippen LogP contribution in [0.25, 0.3) is 0 Å². The number of nitrogens with one attached hydrogen (secondary N) is 2. The molecule has 0 radical (unpaired) electrons. The van der Waals surface area contributed by atoms with E-state index in [0.29, 0.717) is 19.1 Å². The van der Waals surface area contributed by atoms with Crippen LogP contribution in [0.4, 0.5) is 4.79 Å². The van der Waals surface area contributed by atoms with Gasteiger partial charge < -0.3 is 15.0 Å². The molecule has 2 aromatic carbocycles. The van der Waals surface area contributed by atoms with Crippen LogP contribution in [0.1, 0.15) is 37.3 Å². The summed E-state index contributed by atoms with van der Waals surface area (Å²) in [4.78, 5) is 28.9. The lowest BCUT2D eigenvalue weighted by molar-refractivity contribution is -0.931. The van der Waals surface area contributed by atoms with Gasteiger partial charge in [-0.2, -0.15) is 0 Å². The molecule has 2 N–H and O–H groups in total. The Hall–Kier alpha value is -2.86. The van der Waals surface area contributed by atoms with E-state index in [1.54, 1.807) is 7.11 Å². The normalized spacial score (nSPS) is 22.5. The first kappa shape index (κ1) is 19.5. The molecule has 1 saturated heterocycles. The first-order chi connectivity index (χ1) is 14.1. The smallest absolute Gasteiger partial charge is 0.329 e. The van der Waals surface area contributed by atoms with E-state index in [4.69, 9.17) is 4.74 Å². The monoisotopic (exact) mass is 394 g/mol. The van der Waals surface area contributed by atoms with Crippen molar-refractivity contribution in [1.29, 1.82) is 0 Å². The van der Waals surface area contributed by atoms with Gasteiger partial charge in [0.25, 0.3) is 5.91 Å². The number of hydrogen-bond donors (Lipinski definition) is 2. The van der Waals surface area contributed by atoms with E-state index >= 15 is 0 Å². The number of ether oxygens (including phenoxy) is 1. The summed E-state index contributed by atoms with van der Waals surface area (Å²) < 4.78 is 5.23. The van der Waals surface area contributed by atoms with Crippen LogP contribution in [-0.4, -0.2) is 36.7 Å². The predicted molar refractivity (Wildman–Crippen MR) is 109 cm³/mol. The standard InChI is InChI=1S/C23H27N3O3/c1-3-23(18-7-5-4-6-8-18)21(27)26(22(28)24-23)16-25(19-11-12-19)15-17-9-13-20(29-2)14-10-17/h4-10,13-14,19H,3,11-12,15-16H2,1-2H3,(H,24,28)/p+1/t23-/m1/s1. The second-order valence-corrected chi connectivity index (χ2v) is 7.90. The van der Waals surface area contributed by atoms with Crippen molar-refractivity contribution >= 4 is 11.9 Å². The molecule has 1 heterocycles. The van der Waals surface area contributed by atoms with Gasteiger partial charge in [-0.3, -0.25) is 4.79 Å². The zero-order valence-corrected chi connectivity index (χ0v) is 17.0. The minimum Gasteiger partial charge on any atom is -0.497 e. The molecule has 4 rings (SSSR count). The van der Waals surface area contributed by atoms with Crippen LogP contribution < -0.4 is 15.0 Å². The van der Waals surface area contributed by atoms with Gasteiger partial charge in [-0.25, -0.2) is 9.69 Å². The first-order valence-corrected chi connectivity index (χ1v) is 10.2. The fourth-order valence-corrected chi connectivity index (χ4v) is 4.16. The molecule has 6 heteroatoms. The lowest BCUT2D eigenvalue weighted by Gasteiger charge is -2.27. The number of nitrogens with zero attached hydrogens (tertiary/aromatic N) is 1. The molecule has 0 bridgehead atoms. The molecule has 2 aliphatic rings. The number of carbonyl (C=O) groups is 2. The molecule has 2 aromatic rings. The summed E-state index contributed by atoms with van der Waals surface area (Å²) in [5, 5.41) is 2.98. The first-order valence-electron chi connectivity index (χ1n) is 10.2. The Morgan fingerprint density at radius 3 is 2.38 bits per heavy atom. The van der Waals surface area contributed by atoms with E-state index < -0.39 is 5.54 Å². The zero-order valence-electron chi connectivity index (χ0n) is 17.0. The summed E-state index contributed by atoms with van der Waals surface area (Å²) in [6, 6.07) is 17.7. The van der Waals surface area contributed by atoms with E-state index in [-0.39, 0.29) is 11.9 Å². The van der Waals surface area contributed by atoms with E-state index in [0.717, 1.165) is 30.7 Å². The topological polar surface area (TPSA) is 63.1 Å². The van der Waals surface area contributed by atoms with Crippen molar-refractivity contribution in [1.82, 2.24) is 10.2 Å². The number of urea groups is 1. The molecule has 0 aromatic heterocycles. The Labute approximate surface area is 171 Å². The molecule has 2 atom stereocenters. The van der Waals surface area contributed by atoms with Crippen molar-refractivity contribution in [2.24, 2.45) is 0 Å². The number of benzene rings is 2. The average Bonchev–Trinajstić information content (AvgIpc) is 3.57. The molecule has 3 amide bonds. The number of imide groups is 1. The van der Waals surface area contributed by atoms with Gasteiger partial charge in [-0.15, -0.1) is 0 Å². The second-order valence-electron chi connectivity index (χ2n) is 7.90. The highest BCUT2D eigenvalue weighted by Gasteiger charge is 2.53. The Bertz CT molecular complexity index is 880. The molecular formula is C23H28N3O3+. The second kappa shape index (κ2) is 7.87. The van der Waals surface area contributed by atoms with Crippen molar-refractivity contribution in [2.45, 2.75) is 44.3 Å². The summed E-state index contributed by atoms with van der Waals surface area (Å²) in [5.41, 5.74) is 1.05. The van der Waals surface area contributed by atoms with Gasteiger partial charge in [-0.05, 0) is 36.2 Å². The molecule has 0 spiro atoms. The quantitative estimate of drug-likeness (QED) is 0.674. The largest absolute Gasteiger partial charge is 0.497 e. The van der Waals surface area contributed by atoms with Crippen LogP contribution in [-0.2, 0) is 16.9 Å². The summed E-state index contributed by atoms with van der Waals surface area (Å²) >= 11 is 0. The maximum atomic E-state index is 13.4. The molecule has 1 saturated carbocycles. The van der Waals surface area contributed by atoms with E-state index in [1.165, 1.54) is 15.4 Å². The van der Waals surface area contributed by atoms with Crippen molar-refractivity contribution in [2.75, 3.05) is 13.8 Å². The van der Waals surface area contributed by atoms with Gasteiger partial charge in [0.05, 0.1) is 13.2 Å². The fraction of sp³-hybridized carbons (Fsp3) is 0.391. The third kappa shape index (κ3) is 3.72. The minimum absolute atomic E-state index is 0.149. The van der Waals surface area contributed by atoms with Crippen LogP contribution in [0.15, 0.2) is 54.6 Å². The summed E-state index contributed by atoms with van der Waals surface area (Å²) in [6.45, 7) is 3.10. The third-order valence-electron chi connectivity index (χ3n) is 6.08. The Balaban J connectivity index is 1.53. The predicted octanol–water partition coefficient (Wildman–Crippen LogP) is 2.06. The van der Waals surface area contributed by atoms with Crippen LogP contribution in [0.2, 0.25) is 0 Å². The van der Waals surface area contributed by atoms with Crippen LogP contribution in [0.3, 0.4) is 0 Å². The van der Waals surface area contributed by atoms with E-state index in [1.807, 2.05) is 61.5 Å². The molecule has 29 heavy (non-hydrogen) atoms.